The first-order valence-electron chi connectivity index (χ1n) is 10.2. The van der Waals surface area contributed by atoms with Gasteiger partial charge in [0.15, 0.2) is 11.6 Å². The molecule has 0 aromatic heterocycles. The van der Waals surface area contributed by atoms with Crippen LogP contribution in [0.5, 0.6) is 11.5 Å². The summed E-state index contributed by atoms with van der Waals surface area (Å²) in [6, 6.07) is 12.2. The molecule has 0 aliphatic rings. The number of halogens is 3. The zero-order valence-electron chi connectivity index (χ0n) is 18.6. The highest BCUT2D eigenvalue weighted by Crippen LogP contribution is 2.28. The van der Waals surface area contributed by atoms with Crippen LogP contribution >= 0.6 is 0 Å². The van der Waals surface area contributed by atoms with Gasteiger partial charge in [-0.1, -0.05) is 31.4 Å². The Morgan fingerprint density at radius 3 is 1.82 bits per heavy atom. The molecule has 7 heteroatoms. The maximum Gasteiger partial charge on any atom is 0.338 e. The van der Waals surface area contributed by atoms with Crippen LogP contribution < -0.4 is 9.47 Å². The van der Waals surface area contributed by atoms with Gasteiger partial charge < -0.3 is 9.47 Å². The van der Waals surface area contributed by atoms with Gasteiger partial charge in [-0.05, 0) is 66.9 Å². The molecule has 0 spiro atoms. The van der Waals surface area contributed by atoms with Crippen LogP contribution in [-0.4, -0.2) is 11.9 Å². The van der Waals surface area contributed by atoms with Gasteiger partial charge in [-0.2, -0.15) is 0 Å². The smallest absolute Gasteiger partial charge is 0.338 e. The van der Waals surface area contributed by atoms with Crippen molar-refractivity contribution in [1.82, 2.24) is 0 Å². The lowest BCUT2D eigenvalue weighted by atomic mass is 9.98. The number of esters is 2. The normalized spacial score (nSPS) is 10.5. The predicted molar refractivity (Wildman–Crippen MR) is 122 cm³/mol. The molecule has 3 aromatic carbocycles. The number of benzene rings is 3. The third kappa shape index (κ3) is 5.81. The van der Waals surface area contributed by atoms with E-state index in [2.05, 4.69) is 13.2 Å². The zero-order chi connectivity index (χ0) is 25.0. The highest BCUT2D eigenvalue weighted by molar-refractivity contribution is 5.89. The van der Waals surface area contributed by atoms with Crippen LogP contribution in [0.15, 0.2) is 78.9 Å². The van der Waals surface area contributed by atoms with E-state index in [1.165, 1.54) is 50.2 Å². The SMILES string of the molecule is C=C(C)C(=O)Oc1ccc(-c2cc(F)c(Cc3ccc(OC(=O)C(=C)C)c(F)c3)c(F)c2)cc1. The lowest BCUT2D eigenvalue weighted by Crippen LogP contribution is -2.09. The largest absolute Gasteiger partial charge is 0.423 e. The number of rotatable bonds is 7. The molecular formula is C27H21F3O4. The summed E-state index contributed by atoms with van der Waals surface area (Å²) in [5.41, 5.74) is 1.20. The minimum atomic E-state index is -0.836. The first-order chi connectivity index (χ1) is 16.0. The van der Waals surface area contributed by atoms with E-state index < -0.39 is 29.4 Å². The second kappa shape index (κ2) is 10.2. The van der Waals surface area contributed by atoms with Crippen molar-refractivity contribution >= 4 is 11.9 Å². The highest BCUT2D eigenvalue weighted by Gasteiger charge is 2.16. The molecule has 3 rings (SSSR count). The predicted octanol–water partition coefficient (Wildman–Crippen LogP) is 6.32. The van der Waals surface area contributed by atoms with Crippen LogP contribution in [0.1, 0.15) is 25.0 Å². The van der Waals surface area contributed by atoms with E-state index in [1.807, 2.05) is 0 Å². The van der Waals surface area contributed by atoms with E-state index in [-0.39, 0.29) is 40.2 Å². The highest BCUT2D eigenvalue weighted by atomic mass is 19.1. The Hall–Kier alpha value is -4.13. The van der Waals surface area contributed by atoms with Gasteiger partial charge in [0, 0.05) is 23.1 Å². The second-order valence-corrected chi connectivity index (χ2v) is 7.72. The Balaban J connectivity index is 1.79. The van der Waals surface area contributed by atoms with Gasteiger partial charge in [-0.25, -0.2) is 22.8 Å². The number of carbonyl (C=O) groups is 2. The van der Waals surface area contributed by atoms with Crippen molar-refractivity contribution in [2.45, 2.75) is 20.3 Å². The van der Waals surface area contributed by atoms with Gasteiger partial charge in [-0.15, -0.1) is 0 Å². The van der Waals surface area contributed by atoms with Crippen LogP contribution in [0.25, 0.3) is 11.1 Å². The van der Waals surface area contributed by atoms with Crippen LogP contribution in [0.4, 0.5) is 13.2 Å². The summed E-state index contributed by atoms with van der Waals surface area (Å²) < 4.78 is 53.8. The molecule has 0 bridgehead atoms. The molecule has 0 atom stereocenters. The molecule has 0 amide bonds. The summed E-state index contributed by atoms with van der Waals surface area (Å²) in [7, 11) is 0. The molecule has 0 aliphatic carbocycles. The Bertz CT molecular complexity index is 1270. The summed E-state index contributed by atoms with van der Waals surface area (Å²) in [4.78, 5) is 23.1. The number of hydrogen-bond donors (Lipinski definition) is 0. The van der Waals surface area contributed by atoms with Crippen molar-refractivity contribution in [3.05, 3.63) is 107 Å². The van der Waals surface area contributed by atoms with E-state index in [0.29, 0.717) is 11.1 Å². The Morgan fingerprint density at radius 2 is 1.29 bits per heavy atom. The summed E-state index contributed by atoms with van der Waals surface area (Å²) in [6.07, 6.45) is -0.209. The maximum atomic E-state index is 14.8. The average molecular weight is 466 g/mol. The van der Waals surface area contributed by atoms with Gasteiger partial charge in [0.2, 0.25) is 0 Å². The molecule has 4 nitrogen and oxygen atoms in total. The molecule has 0 unspecified atom stereocenters. The summed E-state index contributed by atoms with van der Waals surface area (Å²) in [5, 5.41) is 0. The molecule has 3 aromatic rings. The Morgan fingerprint density at radius 1 is 0.735 bits per heavy atom. The molecule has 174 valence electrons. The van der Waals surface area contributed by atoms with Gasteiger partial charge in [-0.3, -0.25) is 0 Å². The maximum absolute atomic E-state index is 14.8. The van der Waals surface area contributed by atoms with Gasteiger partial charge in [0.05, 0.1) is 0 Å². The Kier molecular flexibility index (Phi) is 7.36. The van der Waals surface area contributed by atoms with Crippen molar-refractivity contribution in [3.63, 3.8) is 0 Å². The third-order valence-electron chi connectivity index (χ3n) is 4.82. The fraction of sp³-hybridized carbons (Fsp3) is 0.111. The zero-order valence-corrected chi connectivity index (χ0v) is 18.6. The van der Waals surface area contributed by atoms with E-state index in [9.17, 15) is 22.8 Å². The first-order valence-corrected chi connectivity index (χ1v) is 10.2. The minimum absolute atomic E-state index is 0.107. The topological polar surface area (TPSA) is 52.6 Å². The van der Waals surface area contributed by atoms with E-state index in [4.69, 9.17) is 9.47 Å². The second-order valence-electron chi connectivity index (χ2n) is 7.72. The lowest BCUT2D eigenvalue weighted by Gasteiger charge is -2.11. The molecular weight excluding hydrogens is 445 g/mol. The van der Waals surface area contributed by atoms with Gasteiger partial charge in [0.25, 0.3) is 0 Å². The molecule has 0 radical (unpaired) electrons. The summed E-state index contributed by atoms with van der Waals surface area (Å²) in [5.74, 6) is -3.82. The van der Waals surface area contributed by atoms with Crippen molar-refractivity contribution < 1.29 is 32.2 Å². The van der Waals surface area contributed by atoms with Gasteiger partial charge >= 0.3 is 11.9 Å². The number of ether oxygens (including phenoxy) is 2. The molecule has 34 heavy (non-hydrogen) atoms. The minimum Gasteiger partial charge on any atom is -0.423 e. The molecule has 0 aliphatic heterocycles. The quantitative estimate of drug-likeness (QED) is 0.232. The van der Waals surface area contributed by atoms with Gasteiger partial charge in [0.1, 0.15) is 17.4 Å². The average Bonchev–Trinajstić information content (AvgIpc) is 2.78. The van der Waals surface area contributed by atoms with E-state index in [0.717, 1.165) is 6.07 Å². The molecule has 0 N–H and O–H groups in total. The van der Waals surface area contributed by atoms with Crippen LogP contribution in [0, 0.1) is 17.5 Å². The number of carbonyl (C=O) groups excluding carboxylic acids is 2. The Labute approximate surface area is 194 Å². The summed E-state index contributed by atoms with van der Waals surface area (Å²) in [6.45, 7) is 9.87. The summed E-state index contributed by atoms with van der Waals surface area (Å²) >= 11 is 0. The fourth-order valence-electron chi connectivity index (χ4n) is 2.98. The lowest BCUT2D eigenvalue weighted by molar-refractivity contribution is -0.131. The van der Waals surface area contributed by atoms with Crippen LogP contribution in [0.3, 0.4) is 0 Å². The van der Waals surface area contributed by atoms with Crippen molar-refractivity contribution in [2.75, 3.05) is 0 Å². The molecule has 0 saturated carbocycles. The number of hydrogen-bond acceptors (Lipinski definition) is 4. The molecule has 0 saturated heterocycles. The van der Waals surface area contributed by atoms with E-state index >= 15 is 0 Å². The van der Waals surface area contributed by atoms with Crippen molar-refractivity contribution in [2.24, 2.45) is 0 Å². The van der Waals surface area contributed by atoms with Crippen LogP contribution in [0.2, 0.25) is 0 Å². The third-order valence-corrected chi connectivity index (χ3v) is 4.82. The van der Waals surface area contributed by atoms with Crippen LogP contribution in [-0.2, 0) is 16.0 Å². The fourth-order valence-corrected chi connectivity index (χ4v) is 2.98. The van der Waals surface area contributed by atoms with E-state index in [1.54, 1.807) is 12.1 Å². The van der Waals surface area contributed by atoms with Crippen molar-refractivity contribution in [3.8, 4) is 22.6 Å². The monoisotopic (exact) mass is 466 g/mol. The first kappa shape index (κ1) is 24.5. The molecule has 0 fully saturated rings. The van der Waals surface area contributed by atoms with Crippen molar-refractivity contribution in [1.29, 1.82) is 0 Å². The molecule has 0 heterocycles. The standard InChI is InChI=1S/C27H21F3O4/c1-15(2)26(31)33-20-8-6-18(7-9-20)19-13-22(28)21(23(29)14-19)11-17-5-10-25(24(30)12-17)34-27(32)16(3)4/h5-10,12-14H,1,3,11H2,2,4H3.